The lowest BCUT2D eigenvalue weighted by molar-refractivity contribution is -0.158. The maximum absolute atomic E-state index is 12.7. The molecule has 2 rings (SSSR count). The molecule has 0 spiro atoms. The van der Waals surface area contributed by atoms with Crippen LogP contribution in [0.15, 0.2) is 24.8 Å². The monoisotopic (exact) mass is 392 g/mol. The molecule has 5 atom stereocenters. The summed E-state index contributed by atoms with van der Waals surface area (Å²) in [6.07, 6.45) is 6.55. The van der Waals surface area contributed by atoms with Gasteiger partial charge in [0.25, 0.3) is 0 Å². The fourth-order valence-corrected chi connectivity index (χ4v) is 5.38. The van der Waals surface area contributed by atoms with Crippen LogP contribution in [0.25, 0.3) is 0 Å². The molecular formula is C24H40O4. The van der Waals surface area contributed by atoms with Gasteiger partial charge in [0, 0.05) is 0 Å². The van der Waals surface area contributed by atoms with Crippen molar-refractivity contribution in [3.8, 4) is 0 Å². The third kappa shape index (κ3) is 4.88. The summed E-state index contributed by atoms with van der Waals surface area (Å²) >= 11 is 0. The molecule has 0 radical (unpaired) electrons. The second kappa shape index (κ2) is 8.31. The third-order valence-corrected chi connectivity index (χ3v) is 6.97. The molecule has 2 fully saturated rings. The summed E-state index contributed by atoms with van der Waals surface area (Å²) < 4.78 is 17.4. The second-order valence-electron chi connectivity index (χ2n) is 10.1. The van der Waals surface area contributed by atoms with Crippen molar-refractivity contribution >= 4 is 5.97 Å². The summed E-state index contributed by atoms with van der Waals surface area (Å²) in [4.78, 5) is 12.7. The molecule has 1 aliphatic carbocycles. The molecule has 1 saturated heterocycles. The quantitative estimate of drug-likeness (QED) is 0.413. The van der Waals surface area contributed by atoms with Gasteiger partial charge in [-0.1, -0.05) is 25.2 Å². The minimum Gasteiger partial charge on any atom is -0.469 e. The fraction of sp³-hybridized carbons (Fsp3) is 0.792. The molecular weight excluding hydrogens is 352 g/mol. The highest BCUT2D eigenvalue weighted by molar-refractivity contribution is 5.72. The highest BCUT2D eigenvalue weighted by atomic mass is 16.8. The summed E-state index contributed by atoms with van der Waals surface area (Å²) in [5.41, 5.74) is 0.863. The third-order valence-electron chi connectivity index (χ3n) is 6.97. The van der Waals surface area contributed by atoms with Gasteiger partial charge < -0.3 is 14.2 Å². The van der Waals surface area contributed by atoms with Crippen LogP contribution >= 0.6 is 0 Å². The molecule has 0 aromatic heterocycles. The van der Waals surface area contributed by atoms with Crippen LogP contribution in [0, 0.1) is 23.2 Å². The van der Waals surface area contributed by atoms with Crippen molar-refractivity contribution in [3.63, 3.8) is 0 Å². The Morgan fingerprint density at radius 1 is 1.29 bits per heavy atom. The number of rotatable bonds is 7. The average Bonchev–Trinajstić information content (AvgIpc) is 2.82. The molecule has 0 bridgehead atoms. The van der Waals surface area contributed by atoms with Gasteiger partial charge in [-0.3, -0.25) is 4.79 Å². The lowest BCUT2D eigenvalue weighted by atomic mass is 9.60. The maximum Gasteiger partial charge on any atom is 0.308 e. The van der Waals surface area contributed by atoms with E-state index in [0.29, 0.717) is 11.8 Å². The second-order valence-corrected chi connectivity index (χ2v) is 10.1. The Morgan fingerprint density at radius 3 is 2.39 bits per heavy atom. The Morgan fingerprint density at radius 2 is 1.93 bits per heavy atom. The number of methoxy groups -OCH3 is 1. The van der Waals surface area contributed by atoms with Gasteiger partial charge in [-0.15, -0.1) is 6.58 Å². The van der Waals surface area contributed by atoms with Crippen molar-refractivity contribution in [1.82, 2.24) is 0 Å². The van der Waals surface area contributed by atoms with Crippen molar-refractivity contribution in [1.29, 1.82) is 0 Å². The van der Waals surface area contributed by atoms with E-state index in [0.717, 1.165) is 32.1 Å². The van der Waals surface area contributed by atoms with Crippen LogP contribution in [0.5, 0.6) is 0 Å². The van der Waals surface area contributed by atoms with Gasteiger partial charge >= 0.3 is 5.97 Å². The molecule has 0 N–H and O–H groups in total. The molecule has 4 heteroatoms. The number of carbonyl (C=O) groups is 1. The molecule has 0 aromatic carbocycles. The SMILES string of the molecule is C=C[C@@]1(C)CC[C@H]([C@H](CC[C@H]2OC(C)(C)OC2(C)C)C(=O)OC)C[C@@H]1C(=C)C. The zero-order chi connectivity index (χ0) is 21.3. The Kier molecular flexibility index (Phi) is 6.87. The van der Waals surface area contributed by atoms with Crippen molar-refractivity contribution in [2.45, 2.75) is 91.1 Å². The van der Waals surface area contributed by atoms with Crippen molar-refractivity contribution in [2.24, 2.45) is 23.2 Å². The molecule has 2 aliphatic rings. The van der Waals surface area contributed by atoms with Gasteiger partial charge in [-0.25, -0.2) is 0 Å². The minimum atomic E-state index is -0.587. The van der Waals surface area contributed by atoms with Crippen LogP contribution < -0.4 is 0 Å². The predicted molar refractivity (Wildman–Crippen MR) is 113 cm³/mol. The van der Waals surface area contributed by atoms with Crippen molar-refractivity contribution in [3.05, 3.63) is 24.8 Å². The van der Waals surface area contributed by atoms with Crippen LogP contribution in [-0.2, 0) is 19.0 Å². The molecule has 160 valence electrons. The number of hydrogen-bond donors (Lipinski definition) is 0. The first-order valence-electron chi connectivity index (χ1n) is 10.6. The van der Waals surface area contributed by atoms with E-state index >= 15 is 0 Å². The van der Waals surface area contributed by atoms with E-state index < -0.39 is 5.79 Å². The Bertz CT molecular complexity index is 606. The van der Waals surface area contributed by atoms with E-state index in [2.05, 4.69) is 46.9 Å². The Labute approximate surface area is 171 Å². The lowest BCUT2D eigenvalue weighted by Crippen LogP contribution is -2.39. The number of ether oxygens (including phenoxy) is 3. The first-order valence-corrected chi connectivity index (χ1v) is 10.6. The van der Waals surface area contributed by atoms with Crippen LogP contribution in [0.3, 0.4) is 0 Å². The zero-order valence-electron chi connectivity index (χ0n) is 19.0. The van der Waals surface area contributed by atoms with E-state index in [4.69, 9.17) is 14.2 Å². The van der Waals surface area contributed by atoms with Crippen LogP contribution in [0.4, 0.5) is 0 Å². The number of hydrogen-bond acceptors (Lipinski definition) is 4. The van der Waals surface area contributed by atoms with E-state index in [9.17, 15) is 4.79 Å². The fourth-order valence-electron chi connectivity index (χ4n) is 5.38. The smallest absolute Gasteiger partial charge is 0.308 e. The maximum atomic E-state index is 12.7. The molecule has 4 nitrogen and oxygen atoms in total. The summed E-state index contributed by atoms with van der Waals surface area (Å²) in [5, 5.41) is 0. The number of allylic oxidation sites excluding steroid dienone is 2. The molecule has 28 heavy (non-hydrogen) atoms. The normalized spacial score (nSPS) is 35.2. The largest absolute Gasteiger partial charge is 0.469 e. The van der Waals surface area contributed by atoms with E-state index in [1.54, 1.807) is 0 Å². The van der Waals surface area contributed by atoms with Crippen molar-refractivity contribution < 1.29 is 19.0 Å². The summed E-state index contributed by atoms with van der Waals surface area (Å²) in [7, 11) is 1.49. The summed E-state index contributed by atoms with van der Waals surface area (Å²) in [5.74, 6) is -0.178. The van der Waals surface area contributed by atoms with Crippen LogP contribution in [-0.4, -0.2) is 30.6 Å². The van der Waals surface area contributed by atoms with E-state index in [1.807, 2.05) is 13.8 Å². The lowest BCUT2D eigenvalue weighted by Gasteiger charge is -2.45. The number of esters is 1. The minimum absolute atomic E-state index is 0.0337. The van der Waals surface area contributed by atoms with Crippen LogP contribution in [0.1, 0.15) is 73.6 Å². The summed E-state index contributed by atoms with van der Waals surface area (Å²) in [6.45, 7) is 20.7. The molecule has 0 aromatic rings. The van der Waals surface area contributed by atoms with Gasteiger partial charge in [-0.05, 0) is 84.0 Å². The predicted octanol–water partition coefficient (Wildman–Crippen LogP) is 5.67. The topological polar surface area (TPSA) is 44.8 Å². The van der Waals surface area contributed by atoms with Crippen LogP contribution in [0.2, 0.25) is 0 Å². The molecule has 0 unspecified atom stereocenters. The number of carbonyl (C=O) groups excluding carboxylic acids is 1. The Hall–Kier alpha value is -1.13. The molecule has 1 aliphatic heterocycles. The van der Waals surface area contributed by atoms with Gasteiger partial charge in [0.15, 0.2) is 5.79 Å². The Balaban J connectivity index is 2.13. The average molecular weight is 393 g/mol. The van der Waals surface area contributed by atoms with Crippen molar-refractivity contribution in [2.75, 3.05) is 7.11 Å². The van der Waals surface area contributed by atoms with E-state index in [1.165, 1.54) is 12.7 Å². The standard InChI is InChI=1S/C24H40O4/c1-10-24(8)14-13-17(15-19(24)16(2)3)18(21(25)26-9)11-12-20-22(4,5)28-23(6,7)27-20/h10,17-20H,1-2,11-15H2,3-9H3/t17-,18-,19+,20+,24-/m0/s1. The van der Waals surface area contributed by atoms with Gasteiger partial charge in [0.1, 0.15) is 0 Å². The van der Waals surface area contributed by atoms with Gasteiger partial charge in [0.2, 0.25) is 0 Å². The van der Waals surface area contributed by atoms with Gasteiger partial charge in [0.05, 0.1) is 24.7 Å². The van der Waals surface area contributed by atoms with Gasteiger partial charge in [-0.2, -0.15) is 0 Å². The zero-order valence-corrected chi connectivity index (χ0v) is 19.0. The molecule has 1 heterocycles. The summed E-state index contributed by atoms with van der Waals surface area (Å²) in [6, 6.07) is 0. The first-order chi connectivity index (χ1) is 12.8. The molecule has 1 saturated carbocycles. The highest BCUT2D eigenvalue weighted by Crippen LogP contribution is 2.50. The first kappa shape index (κ1) is 23.2. The highest BCUT2D eigenvalue weighted by Gasteiger charge is 2.48. The van der Waals surface area contributed by atoms with E-state index in [-0.39, 0.29) is 29.0 Å². The molecule has 0 amide bonds.